The number of para-hydroxylation sites is 1. The number of benzene rings is 4. The molecule has 0 bridgehead atoms. The van der Waals surface area contributed by atoms with Crippen molar-refractivity contribution in [3.63, 3.8) is 0 Å². The summed E-state index contributed by atoms with van der Waals surface area (Å²) in [7, 11) is 1.69. The minimum absolute atomic E-state index is 0.199. The number of fused-ring (bicyclic) bond motifs is 10. The van der Waals surface area contributed by atoms with Crippen LogP contribution in [0.15, 0.2) is 72.8 Å². The second kappa shape index (κ2) is 7.41. The lowest BCUT2D eigenvalue weighted by atomic mass is 9.72. The molecule has 3 aliphatic rings. The zero-order chi connectivity index (χ0) is 23.7. The van der Waals surface area contributed by atoms with Gasteiger partial charge in [0.05, 0.1) is 23.9 Å². The van der Waals surface area contributed by atoms with Gasteiger partial charge in [-0.1, -0.05) is 48.5 Å². The molecule has 2 amide bonds. The zero-order valence-electron chi connectivity index (χ0n) is 19.4. The van der Waals surface area contributed by atoms with Crippen LogP contribution in [0.5, 0.6) is 5.75 Å². The number of aryl methyl sites for hydroxylation is 2. The molecular formula is C31H23NO3. The van der Waals surface area contributed by atoms with E-state index in [9.17, 15) is 9.59 Å². The van der Waals surface area contributed by atoms with E-state index in [2.05, 4.69) is 36.4 Å². The number of carbonyl (C=O) groups is 2. The first-order valence-corrected chi connectivity index (χ1v) is 12.1. The number of amides is 2. The van der Waals surface area contributed by atoms with Gasteiger partial charge in [-0.15, -0.1) is 0 Å². The van der Waals surface area contributed by atoms with E-state index in [0.29, 0.717) is 16.8 Å². The summed E-state index contributed by atoms with van der Waals surface area (Å²) in [6, 6.07) is 24.0. The Balaban J connectivity index is 1.57. The number of nitrogens with zero attached hydrogens (tertiary/aromatic N) is 1. The summed E-state index contributed by atoms with van der Waals surface area (Å²) in [4.78, 5) is 29.2. The Kier molecular flexibility index (Phi) is 4.28. The van der Waals surface area contributed by atoms with Crippen LogP contribution >= 0.6 is 0 Å². The maximum absolute atomic E-state index is 13.9. The van der Waals surface area contributed by atoms with Gasteiger partial charge in [0, 0.05) is 0 Å². The Morgan fingerprint density at radius 2 is 1.23 bits per heavy atom. The average molecular weight is 458 g/mol. The lowest BCUT2D eigenvalue weighted by molar-refractivity contribution is 0.0925. The molecule has 0 aromatic heterocycles. The molecular weight excluding hydrogens is 434 g/mol. The fourth-order valence-electron chi connectivity index (χ4n) is 6.20. The quantitative estimate of drug-likeness (QED) is 0.346. The molecule has 4 heteroatoms. The van der Waals surface area contributed by atoms with Crippen molar-refractivity contribution in [1.29, 1.82) is 0 Å². The monoisotopic (exact) mass is 457 g/mol. The second-order valence-electron chi connectivity index (χ2n) is 9.42. The van der Waals surface area contributed by atoms with E-state index < -0.39 is 0 Å². The van der Waals surface area contributed by atoms with Crippen LogP contribution in [0.25, 0.3) is 22.3 Å². The van der Waals surface area contributed by atoms with Crippen LogP contribution in [-0.2, 0) is 25.7 Å². The topological polar surface area (TPSA) is 46.6 Å². The first-order valence-electron chi connectivity index (χ1n) is 12.1. The Labute approximate surface area is 203 Å². The second-order valence-corrected chi connectivity index (χ2v) is 9.42. The number of anilines is 1. The van der Waals surface area contributed by atoms with E-state index in [-0.39, 0.29) is 11.8 Å². The largest absolute Gasteiger partial charge is 0.497 e. The molecule has 4 nitrogen and oxygen atoms in total. The Hall–Kier alpha value is -4.18. The molecule has 4 aromatic carbocycles. The predicted molar refractivity (Wildman–Crippen MR) is 136 cm³/mol. The predicted octanol–water partition coefficient (Wildman–Crippen LogP) is 6.03. The lowest BCUT2D eigenvalue weighted by Gasteiger charge is -2.30. The van der Waals surface area contributed by atoms with Crippen molar-refractivity contribution in [2.75, 3.05) is 12.0 Å². The summed E-state index contributed by atoms with van der Waals surface area (Å²) < 4.78 is 5.50. The minimum atomic E-state index is -0.203. The van der Waals surface area contributed by atoms with Gasteiger partial charge in [-0.05, 0) is 94.5 Å². The SMILES string of the molecule is COc1ccc2c(c1)CCc1c3c(c4c(c1-2)-c1ccccc1CC4)C(=O)N(c1ccccc1)C3=O. The third kappa shape index (κ3) is 2.74. The van der Waals surface area contributed by atoms with E-state index in [1.165, 1.54) is 21.6 Å². The van der Waals surface area contributed by atoms with Gasteiger partial charge in [0.1, 0.15) is 5.75 Å². The smallest absolute Gasteiger partial charge is 0.266 e. The number of hydrogen-bond donors (Lipinski definition) is 0. The first kappa shape index (κ1) is 20.2. The van der Waals surface area contributed by atoms with Crippen LogP contribution in [0.3, 0.4) is 0 Å². The van der Waals surface area contributed by atoms with Gasteiger partial charge in [-0.3, -0.25) is 9.59 Å². The molecule has 0 saturated carbocycles. The van der Waals surface area contributed by atoms with Gasteiger partial charge in [-0.2, -0.15) is 0 Å². The molecule has 7 rings (SSSR count). The number of carbonyl (C=O) groups excluding carboxylic acids is 2. The van der Waals surface area contributed by atoms with Crippen LogP contribution in [0.4, 0.5) is 5.69 Å². The number of hydrogen-bond acceptors (Lipinski definition) is 3. The molecule has 0 atom stereocenters. The number of methoxy groups -OCH3 is 1. The molecule has 4 aromatic rings. The summed E-state index contributed by atoms with van der Waals surface area (Å²) in [5.41, 5.74) is 10.9. The fourth-order valence-corrected chi connectivity index (χ4v) is 6.20. The molecule has 1 aliphatic heterocycles. The number of imide groups is 1. The molecule has 0 N–H and O–H groups in total. The molecule has 1 heterocycles. The summed E-state index contributed by atoms with van der Waals surface area (Å²) in [6.45, 7) is 0. The summed E-state index contributed by atoms with van der Waals surface area (Å²) in [5, 5.41) is 0. The third-order valence-corrected chi connectivity index (χ3v) is 7.71. The van der Waals surface area contributed by atoms with Gasteiger partial charge in [0.15, 0.2) is 0 Å². The molecule has 0 radical (unpaired) electrons. The van der Waals surface area contributed by atoms with E-state index in [0.717, 1.165) is 59.3 Å². The van der Waals surface area contributed by atoms with Crippen LogP contribution in [0, 0.1) is 0 Å². The van der Waals surface area contributed by atoms with Gasteiger partial charge in [-0.25, -0.2) is 4.90 Å². The highest BCUT2D eigenvalue weighted by Gasteiger charge is 2.44. The standard InChI is InChI=1S/C31H23NO3/c1-35-21-13-16-23-19(17-21)12-15-25-27(23)26-22-10-6-5-7-18(22)11-14-24(26)28-29(25)31(34)32(30(28)33)20-8-3-2-4-9-20/h2-10,13,16-17H,11-12,14-15H2,1H3. The van der Waals surface area contributed by atoms with Crippen molar-refractivity contribution < 1.29 is 14.3 Å². The van der Waals surface area contributed by atoms with Crippen LogP contribution in [0.2, 0.25) is 0 Å². The van der Waals surface area contributed by atoms with E-state index in [1.807, 2.05) is 36.4 Å². The van der Waals surface area contributed by atoms with Crippen molar-refractivity contribution in [2.45, 2.75) is 25.7 Å². The normalized spacial score (nSPS) is 15.2. The van der Waals surface area contributed by atoms with Crippen LogP contribution in [0.1, 0.15) is 43.0 Å². The minimum Gasteiger partial charge on any atom is -0.497 e. The highest BCUT2D eigenvalue weighted by Crippen LogP contribution is 2.51. The zero-order valence-corrected chi connectivity index (χ0v) is 19.4. The van der Waals surface area contributed by atoms with E-state index in [1.54, 1.807) is 7.11 Å². The molecule has 0 saturated heterocycles. The Morgan fingerprint density at radius 3 is 1.91 bits per heavy atom. The molecule has 0 spiro atoms. The molecule has 170 valence electrons. The maximum Gasteiger partial charge on any atom is 0.266 e. The van der Waals surface area contributed by atoms with Gasteiger partial charge in [0.25, 0.3) is 11.8 Å². The van der Waals surface area contributed by atoms with Gasteiger partial charge >= 0.3 is 0 Å². The van der Waals surface area contributed by atoms with Crippen LogP contribution < -0.4 is 9.64 Å². The molecule has 0 unspecified atom stereocenters. The Morgan fingerprint density at radius 1 is 0.629 bits per heavy atom. The summed E-state index contributed by atoms with van der Waals surface area (Å²) in [5.74, 6) is 0.436. The number of rotatable bonds is 2. The maximum atomic E-state index is 13.9. The third-order valence-electron chi connectivity index (χ3n) is 7.71. The van der Waals surface area contributed by atoms with E-state index in [4.69, 9.17) is 4.74 Å². The summed E-state index contributed by atoms with van der Waals surface area (Å²) >= 11 is 0. The molecule has 0 fully saturated rings. The van der Waals surface area contributed by atoms with Gasteiger partial charge in [0.2, 0.25) is 0 Å². The summed E-state index contributed by atoms with van der Waals surface area (Å²) in [6.07, 6.45) is 3.12. The molecule has 35 heavy (non-hydrogen) atoms. The van der Waals surface area contributed by atoms with Crippen molar-refractivity contribution >= 4 is 17.5 Å². The average Bonchev–Trinajstić information content (AvgIpc) is 3.18. The lowest BCUT2D eigenvalue weighted by Crippen LogP contribution is -2.29. The van der Waals surface area contributed by atoms with Crippen LogP contribution in [-0.4, -0.2) is 18.9 Å². The Bertz CT molecular complexity index is 1570. The van der Waals surface area contributed by atoms with Crippen molar-refractivity contribution in [3.8, 4) is 28.0 Å². The fraction of sp³-hybridized carbons (Fsp3) is 0.161. The number of ether oxygens (including phenoxy) is 1. The highest BCUT2D eigenvalue weighted by molar-refractivity contribution is 6.36. The highest BCUT2D eigenvalue weighted by atomic mass is 16.5. The van der Waals surface area contributed by atoms with Crippen molar-refractivity contribution in [2.24, 2.45) is 0 Å². The van der Waals surface area contributed by atoms with Crippen molar-refractivity contribution in [3.05, 3.63) is 106 Å². The van der Waals surface area contributed by atoms with Gasteiger partial charge < -0.3 is 4.74 Å². The molecule has 2 aliphatic carbocycles. The first-order chi connectivity index (χ1) is 17.2. The van der Waals surface area contributed by atoms with Crippen molar-refractivity contribution in [1.82, 2.24) is 0 Å². The van der Waals surface area contributed by atoms with E-state index >= 15 is 0 Å².